The van der Waals surface area contributed by atoms with Crippen molar-refractivity contribution >= 4 is 17.4 Å². The minimum Gasteiger partial charge on any atom is -0.324 e. The summed E-state index contributed by atoms with van der Waals surface area (Å²) in [5, 5.41) is 3.06. The van der Waals surface area contributed by atoms with E-state index in [2.05, 4.69) is 16.3 Å². The van der Waals surface area contributed by atoms with Gasteiger partial charge in [-0.3, -0.25) is 14.5 Å². The standard InChI is InChI=1S/C17H22N2O2/c1-12(20)11-14-6-4-10-19(14)16-9-8-13-5-2-3-7-15(13)18-17(16)21/h2-3,5,7,14,16H,4,6,8-11H2,1H3,(H,18,21). The molecule has 1 aromatic carbocycles. The molecule has 0 aliphatic carbocycles. The van der Waals surface area contributed by atoms with Gasteiger partial charge in [-0.15, -0.1) is 0 Å². The fourth-order valence-electron chi connectivity index (χ4n) is 3.64. The number of rotatable bonds is 3. The summed E-state index contributed by atoms with van der Waals surface area (Å²) in [6.07, 6.45) is 4.40. The number of carbonyl (C=O) groups is 2. The summed E-state index contributed by atoms with van der Waals surface area (Å²) in [5.74, 6) is 0.291. The minimum absolute atomic E-state index is 0.0791. The van der Waals surface area contributed by atoms with Crippen LogP contribution in [0.2, 0.25) is 0 Å². The van der Waals surface area contributed by atoms with E-state index in [1.165, 1.54) is 5.56 Å². The highest BCUT2D eigenvalue weighted by molar-refractivity contribution is 5.96. The lowest BCUT2D eigenvalue weighted by molar-refractivity contribution is -0.123. The molecule has 1 fully saturated rings. The van der Waals surface area contributed by atoms with Gasteiger partial charge in [-0.1, -0.05) is 18.2 Å². The Morgan fingerprint density at radius 3 is 2.95 bits per heavy atom. The topological polar surface area (TPSA) is 49.4 Å². The number of nitrogens with one attached hydrogen (secondary N) is 1. The fourth-order valence-corrected chi connectivity index (χ4v) is 3.64. The summed E-state index contributed by atoms with van der Waals surface area (Å²) in [6, 6.07) is 8.14. The molecule has 2 atom stereocenters. The smallest absolute Gasteiger partial charge is 0.241 e. The third kappa shape index (κ3) is 3.00. The molecule has 21 heavy (non-hydrogen) atoms. The molecule has 112 valence electrons. The molecule has 4 heteroatoms. The molecule has 0 aromatic heterocycles. The molecule has 0 bridgehead atoms. The Labute approximate surface area is 125 Å². The highest BCUT2D eigenvalue weighted by Gasteiger charge is 2.36. The van der Waals surface area contributed by atoms with E-state index in [0.717, 1.165) is 37.9 Å². The predicted octanol–water partition coefficient (Wildman–Crippen LogP) is 2.38. The third-order valence-electron chi connectivity index (χ3n) is 4.61. The molecule has 2 aliphatic heterocycles. The van der Waals surface area contributed by atoms with E-state index in [1.54, 1.807) is 6.92 Å². The average Bonchev–Trinajstić information content (AvgIpc) is 2.81. The van der Waals surface area contributed by atoms with Crippen molar-refractivity contribution in [2.45, 2.75) is 51.1 Å². The molecule has 1 aromatic rings. The molecule has 2 aliphatic rings. The van der Waals surface area contributed by atoms with Crippen LogP contribution in [-0.2, 0) is 16.0 Å². The quantitative estimate of drug-likeness (QED) is 0.928. The first kappa shape index (κ1) is 14.3. The van der Waals surface area contributed by atoms with Crippen molar-refractivity contribution in [1.82, 2.24) is 4.90 Å². The molecule has 2 unspecified atom stereocenters. The number of likely N-dealkylation sites (tertiary alicyclic amines) is 1. The maximum absolute atomic E-state index is 12.6. The van der Waals surface area contributed by atoms with E-state index in [0.29, 0.717) is 6.42 Å². The Hall–Kier alpha value is -1.68. The van der Waals surface area contributed by atoms with Gasteiger partial charge in [0.2, 0.25) is 5.91 Å². The number of para-hydroxylation sites is 1. The number of hydrogen-bond donors (Lipinski definition) is 1. The van der Waals surface area contributed by atoms with Crippen LogP contribution in [0.5, 0.6) is 0 Å². The van der Waals surface area contributed by atoms with Gasteiger partial charge in [0, 0.05) is 18.2 Å². The Morgan fingerprint density at radius 1 is 1.33 bits per heavy atom. The minimum atomic E-state index is -0.107. The van der Waals surface area contributed by atoms with Crippen LogP contribution in [0.15, 0.2) is 24.3 Å². The molecule has 3 rings (SSSR count). The van der Waals surface area contributed by atoms with E-state index < -0.39 is 0 Å². The van der Waals surface area contributed by atoms with Crippen molar-refractivity contribution in [2.24, 2.45) is 0 Å². The van der Waals surface area contributed by atoms with Crippen molar-refractivity contribution in [3.8, 4) is 0 Å². The van der Waals surface area contributed by atoms with Crippen LogP contribution in [-0.4, -0.2) is 35.2 Å². The zero-order valence-corrected chi connectivity index (χ0v) is 12.5. The SMILES string of the molecule is CC(=O)CC1CCCN1C1CCc2ccccc2NC1=O. The van der Waals surface area contributed by atoms with Gasteiger partial charge in [0.1, 0.15) is 5.78 Å². The summed E-state index contributed by atoms with van der Waals surface area (Å²) in [6.45, 7) is 2.56. The molecule has 0 saturated carbocycles. The van der Waals surface area contributed by atoms with Crippen LogP contribution in [0.3, 0.4) is 0 Å². The molecule has 1 amide bonds. The molecule has 0 radical (unpaired) electrons. The molecule has 0 spiro atoms. The van der Waals surface area contributed by atoms with Gasteiger partial charge in [0.25, 0.3) is 0 Å². The lowest BCUT2D eigenvalue weighted by Crippen LogP contribution is -2.46. The largest absolute Gasteiger partial charge is 0.324 e. The average molecular weight is 286 g/mol. The number of carbonyl (C=O) groups excluding carboxylic acids is 2. The van der Waals surface area contributed by atoms with Crippen LogP contribution < -0.4 is 5.32 Å². The molecular weight excluding hydrogens is 264 g/mol. The lowest BCUT2D eigenvalue weighted by atomic mass is 10.0. The van der Waals surface area contributed by atoms with Crippen LogP contribution in [0.25, 0.3) is 0 Å². The van der Waals surface area contributed by atoms with Gasteiger partial charge in [-0.25, -0.2) is 0 Å². The Kier molecular flexibility index (Phi) is 4.06. The van der Waals surface area contributed by atoms with Crippen molar-refractivity contribution < 1.29 is 9.59 Å². The molecule has 1 saturated heterocycles. The summed E-state index contributed by atoms with van der Waals surface area (Å²) in [5.41, 5.74) is 2.14. The summed E-state index contributed by atoms with van der Waals surface area (Å²) in [4.78, 5) is 26.2. The third-order valence-corrected chi connectivity index (χ3v) is 4.61. The summed E-state index contributed by atoms with van der Waals surface area (Å²) < 4.78 is 0. The van der Waals surface area contributed by atoms with E-state index >= 15 is 0 Å². The maximum atomic E-state index is 12.6. The number of hydrogen-bond acceptors (Lipinski definition) is 3. The van der Waals surface area contributed by atoms with E-state index in [4.69, 9.17) is 0 Å². The molecule has 1 N–H and O–H groups in total. The number of ketones is 1. The van der Waals surface area contributed by atoms with Crippen LogP contribution >= 0.6 is 0 Å². The molecular formula is C17H22N2O2. The van der Waals surface area contributed by atoms with E-state index in [9.17, 15) is 9.59 Å². The first-order valence-corrected chi connectivity index (χ1v) is 7.79. The number of aryl methyl sites for hydroxylation is 1. The van der Waals surface area contributed by atoms with Gasteiger partial charge in [-0.2, -0.15) is 0 Å². The first-order valence-electron chi connectivity index (χ1n) is 7.79. The Balaban J connectivity index is 1.77. The van der Waals surface area contributed by atoms with E-state index in [-0.39, 0.29) is 23.8 Å². The van der Waals surface area contributed by atoms with Gasteiger partial charge in [-0.05, 0) is 50.8 Å². The van der Waals surface area contributed by atoms with Gasteiger partial charge in [0.15, 0.2) is 0 Å². The number of nitrogens with zero attached hydrogens (tertiary/aromatic N) is 1. The normalized spacial score (nSPS) is 26.0. The first-order chi connectivity index (χ1) is 10.1. The Bertz CT molecular complexity index is 555. The number of fused-ring (bicyclic) bond motifs is 1. The highest BCUT2D eigenvalue weighted by Crippen LogP contribution is 2.29. The van der Waals surface area contributed by atoms with Crippen LogP contribution in [0, 0.1) is 0 Å². The molecule has 4 nitrogen and oxygen atoms in total. The number of Topliss-reactive ketones (excluding diaryl/α,β-unsaturated/α-hetero) is 1. The van der Waals surface area contributed by atoms with Crippen LogP contribution in [0.1, 0.15) is 38.2 Å². The zero-order chi connectivity index (χ0) is 14.8. The predicted molar refractivity (Wildman–Crippen MR) is 82.2 cm³/mol. The van der Waals surface area contributed by atoms with Gasteiger partial charge in [0.05, 0.1) is 6.04 Å². The zero-order valence-electron chi connectivity index (χ0n) is 12.5. The summed E-state index contributed by atoms with van der Waals surface area (Å²) >= 11 is 0. The summed E-state index contributed by atoms with van der Waals surface area (Å²) in [7, 11) is 0. The van der Waals surface area contributed by atoms with Crippen molar-refractivity contribution in [3.05, 3.63) is 29.8 Å². The van der Waals surface area contributed by atoms with Crippen LogP contribution in [0.4, 0.5) is 5.69 Å². The van der Waals surface area contributed by atoms with Gasteiger partial charge < -0.3 is 5.32 Å². The van der Waals surface area contributed by atoms with Gasteiger partial charge >= 0.3 is 0 Å². The second-order valence-electron chi connectivity index (χ2n) is 6.14. The van der Waals surface area contributed by atoms with Crippen molar-refractivity contribution in [3.63, 3.8) is 0 Å². The maximum Gasteiger partial charge on any atom is 0.241 e. The highest BCUT2D eigenvalue weighted by atomic mass is 16.2. The fraction of sp³-hybridized carbons (Fsp3) is 0.529. The second kappa shape index (κ2) is 5.98. The molecule has 2 heterocycles. The second-order valence-corrected chi connectivity index (χ2v) is 6.14. The lowest BCUT2D eigenvalue weighted by Gasteiger charge is -2.30. The monoisotopic (exact) mass is 286 g/mol. The number of amides is 1. The Morgan fingerprint density at radius 2 is 2.14 bits per heavy atom. The van der Waals surface area contributed by atoms with E-state index in [1.807, 2.05) is 18.2 Å². The number of benzene rings is 1. The number of anilines is 1. The van der Waals surface area contributed by atoms with Crippen molar-refractivity contribution in [1.29, 1.82) is 0 Å². The van der Waals surface area contributed by atoms with Crippen molar-refractivity contribution in [2.75, 3.05) is 11.9 Å².